The Morgan fingerprint density at radius 2 is 1.67 bits per heavy atom. The van der Waals surface area contributed by atoms with Crippen molar-refractivity contribution < 1.29 is 33.7 Å². The molecule has 0 unspecified atom stereocenters. The third-order valence-corrected chi connectivity index (χ3v) is 3.89. The summed E-state index contributed by atoms with van der Waals surface area (Å²) < 4.78 is 14.4. The maximum absolute atomic E-state index is 12.2. The SMILES string of the molecule is COC(=O)C(O)(CC[C@@H]1CCCN1C(=O)OC(C)(C)C)C(=O)OC. The van der Waals surface area contributed by atoms with E-state index < -0.39 is 29.2 Å². The Hall–Kier alpha value is -1.83. The van der Waals surface area contributed by atoms with E-state index in [1.807, 2.05) is 0 Å². The van der Waals surface area contributed by atoms with Crippen LogP contribution in [0.5, 0.6) is 0 Å². The van der Waals surface area contributed by atoms with Crippen LogP contribution in [0.15, 0.2) is 0 Å². The number of likely N-dealkylation sites (tertiary alicyclic amines) is 1. The summed E-state index contributed by atoms with van der Waals surface area (Å²) in [5.41, 5.74) is -2.98. The number of rotatable bonds is 5. The molecule has 0 aromatic rings. The van der Waals surface area contributed by atoms with Gasteiger partial charge >= 0.3 is 18.0 Å². The van der Waals surface area contributed by atoms with Crippen LogP contribution in [0.1, 0.15) is 46.5 Å². The molecule has 1 aliphatic rings. The van der Waals surface area contributed by atoms with E-state index in [0.717, 1.165) is 20.6 Å². The highest BCUT2D eigenvalue weighted by molar-refractivity contribution is 6.03. The van der Waals surface area contributed by atoms with Gasteiger partial charge in [0.2, 0.25) is 0 Å². The Morgan fingerprint density at radius 1 is 1.12 bits per heavy atom. The summed E-state index contributed by atoms with van der Waals surface area (Å²) in [6, 6.07) is -0.222. The van der Waals surface area contributed by atoms with Crippen LogP contribution in [-0.2, 0) is 23.8 Å². The average molecular weight is 345 g/mol. The van der Waals surface area contributed by atoms with Gasteiger partial charge in [0.1, 0.15) is 5.60 Å². The second-order valence-electron chi connectivity index (χ2n) is 6.85. The lowest BCUT2D eigenvalue weighted by Crippen LogP contribution is -2.49. The first-order valence-corrected chi connectivity index (χ1v) is 7.94. The molecule has 1 amide bonds. The van der Waals surface area contributed by atoms with Crippen LogP contribution in [0, 0.1) is 0 Å². The molecule has 1 saturated heterocycles. The standard InChI is InChI=1S/C16H27NO7/c1-15(2,3)24-14(20)17-10-6-7-11(17)8-9-16(21,12(18)22-4)13(19)23-5/h11,21H,6-10H2,1-5H3/t11-/m0/s1. The minimum absolute atomic E-state index is 0.198. The van der Waals surface area contributed by atoms with E-state index in [0.29, 0.717) is 13.0 Å². The summed E-state index contributed by atoms with van der Waals surface area (Å²) in [5.74, 6) is -2.15. The number of amides is 1. The molecule has 0 bridgehead atoms. The van der Waals surface area contributed by atoms with Gasteiger partial charge in [-0.25, -0.2) is 14.4 Å². The normalized spacial score (nSPS) is 18.2. The average Bonchev–Trinajstić information content (AvgIpc) is 2.97. The van der Waals surface area contributed by atoms with Crippen molar-refractivity contribution in [2.45, 2.75) is 63.7 Å². The van der Waals surface area contributed by atoms with E-state index in [1.165, 1.54) is 0 Å². The molecule has 8 heteroatoms. The fourth-order valence-corrected chi connectivity index (χ4v) is 2.70. The number of ether oxygens (including phenoxy) is 3. The third-order valence-electron chi connectivity index (χ3n) is 3.89. The van der Waals surface area contributed by atoms with Crippen molar-refractivity contribution in [2.24, 2.45) is 0 Å². The maximum atomic E-state index is 12.2. The molecule has 0 aromatic carbocycles. The van der Waals surface area contributed by atoms with E-state index in [-0.39, 0.29) is 18.9 Å². The number of aliphatic hydroxyl groups is 1. The molecule has 8 nitrogen and oxygen atoms in total. The minimum Gasteiger partial charge on any atom is -0.466 e. The van der Waals surface area contributed by atoms with E-state index in [4.69, 9.17) is 4.74 Å². The lowest BCUT2D eigenvalue weighted by Gasteiger charge is -2.30. The number of carbonyl (C=O) groups excluding carboxylic acids is 3. The number of nitrogens with zero attached hydrogens (tertiary/aromatic N) is 1. The number of methoxy groups -OCH3 is 2. The van der Waals surface area contributed by atoms with Gasteiger partial charge in [-0.3, -0.25) is 0 Å². The third kappa shape index (κ3) is 4.83. The van der Waals surface area contributed by atoms with E-state index in [9.17, 15) is 19.5 Å². The number of hydrogen-bond donors (Lipinski definition) is 1. The Balaban J connectivity index is 2.77. The second-order valence-corrected chi connectivity index (χ2v) is 6.85. The zero-order valence-corrected chi connectivity index (χ0v) is 15.0. The van der Waals surface area contributed by atoms with Gasteiger partial charge in [0.25, 0.3) is 5.60 Å². The quantitative estimate of drug-likeness (QED) is 0.454. The molecule has 0 saturated carbocycles. The van der Waals surface area contributed by atoms with Crippen molar-refractivity contribution >= 4 is 18.0 Å². The van der Waals surface area contributed by atoms with Gasteiger partial charge in [-0.05, 0) is 40.0 Å². The first-order valence-electron chi connectivity index (χ1n) is 7.94. The van der Waals surface area contributed by atoms with Crippen LogP contribution in [0.3, 0.4) is 0 Å². The van der Waals surface area contributed by atoms with Crippen molar-refractivity contribution in [2.75, 3.05) is 20.8 Å². The van der Waals surface area contributed by atoms with Crippen molar-refractivity contribution in [1.29, 1.82) is 0 Å². The smallest absolute Gasteiger partial charge is 0.410 e. The molecule has 138 valence electrons. The highest BCUT2D eigenvalue weighted by Gasteiger charge is 2.47. The largest absolute Gasteiger partial charge is 0.466 e. The predicted octanol–water partition coefficient (Wildman–Crippen LogP) is 1.24. The molecule has 1 rings (SSSR count). The van der Waals surface area contributed by atoms with Gasteiger partial charge in [0, 0.05) is 19.0 Å². The summed E-state index contributed by atoms with van der Waals surface area (Å²) in [4.78, 5) is 37.3. The van der Waals surface area contributed by atoms with Crippen molar-refractivity contribution in [3.8, 4) is 0 Å². The zero-order chi connectivity index (χ0) is 18.5. The second kappa shape index (κ2) is 7.83. The number of hydrogen-bond acceptors (Lipinski definition) is 7. The molecule has 0 aromatic heterocycles. The zero-order valence-electron chi connectivity index (χ0n) is 15.0. The summed E-state index contributed by atoms with van der Waals surface area (Å²) in [5, 5.41) is 10.3. The lowest BCUT2D eigenvalue weighted by molar-refractivity contribution is -0.181. The number of esters is 2. The highest BCUT2D eigenvalue weighted by Crippen LogP contribution is 2.27. The van der Waals surface area contributed by atoms with Gasteiger partial charge in [0.15, 0.2) is 0 Å². The fourth-order valence-electron chi connectivity index (χ4n) is 2.70. The molecule has 1 atom stereocenters. The molecule has 1 N–H and O–H groups in total. The van der Waals surface area contributed by atoms with Crippen LogP contribution in [0.25, 0.3) is 0 Å². The first kappa shape index (κ1) is 20.2. The molecule has 0 aliphatic carbocycles. The summed E-state index contributed by atoms with van der Waals surface area (Å²) in [6.45, 7) is 5.88. The molecule has 1 aliphatic heterocycles. The number of carbonyl (C=O) groups is 3. The van der Waals surface area contributed by atoms with Gasteiger partial charge in [-0.2, -0.15) is 0 Å². The van der Waals surface area contributed by atoms with Crippen LogP contribution in [0.4, 0.5) is 4.79 Å². The minimum atomic E-state index is -2.37. The Kier molecular flexibility index (Phi) is 6.59. The van der Waals surface area contributed by atoms with Crippen LogP contribution in [0.2, 0.25) is 0 Å². The van der Waals surface area contributed by atoms with Crippen molar-refractivity contribution in [3.63, 3.8) is 0 Å². The first-order chi connectivity index (χ1) is 11.0. The van der Waals surface area contributed by atoms with Gasteiger partial charge in [-0.15, -0.1) is 0 Å². The van der Waals surface area contributed by atoms with Crippen molar-refractivity contribution in [3.05, 3.63) is 0 Å². The molecule has 0 radical (unpaired) electrons. The van der Waals surface area contributed by atoms with Gasteiger partial charge in [-0.1, -0.05) is 0 Å². The van der Waals surface area contributed by atoms with Crippen LogP contribution < -0.4 is 0 Å². The monoisotopic (exact) mass is 345 g/mol. The Labute approximate surface area is 142 Å². The fraction of sp³-hybridized carbons (Fsp3) is 0.812. The summed E-state index contributed by atoms with van der Waals surface area (Å²) in [7, 11) is 2.16. The highest BCUT2D eigenvalue weighted by atomic mass is 16.6. The molecule has 1 heterocycles. The topological polar surface area (TPSA) is 102 Å². The maximum Gasteiger partial charge on any atom is 0.410 e. The molecular weight excluding hydrogens is 318 g/mol. The Morgan fingerprint density at radius 3 is 2.12 bits per heavy atom. The van der Waals surface area contributed by atoms with Crippen molar-refractivity contribution in [1.82, 2.24) is 4.90 Å². The molecular formula is C16H27NO7. The van der Waals surface area contributed by atoms with E-state index in [1.54, 1.807) is 25.7 Å². The van der Waals surface area contributed by atoms with Gasteiger partial charge in [0.05, 0.1) is 14.2 Å². The van der Waals surface area contributed by atoms with Crippen LogP contribution in [-0.4, -0.2) is 66.0 Å². The predicted molar refractivity (Wildman–Crippen MR) is 84.2 cm³/mol. The van der Waals surface area contributed by atoms with E-state index >= 15 is 0 Å². The molecule has 1 fully saturated rings. The van der Waals surface area contributed by atoms with Crippen LogP contribution >= 0.6 is 0 Å². The van der Waals surface area contributed by atoms with Gasteiger partial charge < -0.3 is 24.2 Å². The summed E-state index contributed by atoms with van der Waals surface area (Å²) >= 11 is 0. The van der Waals surface area contributed by atoms with E-state index in [2.05, 4.69) is 9.47 Å². The molecule has 24 heavy (non-hydrogen) atoms. The summed E-state index contributed by atoms with van der Waals surface area (Å²) in [6.07, 6.45) is 1.11. The lowest BCUT2D eigenvalue weighted by atomic mass is 9.94. The molecule has 0 spiro atoms. The Bertz CT molecular complexity index is 467.